The molecule has 0 unspecified atom stereocenters. The Labute approximate surface area is 113 Å². The van der Waals surface area contributed by atoms with Crippen LogP contribution in [0.4, 0.5) is 0 Å². The van der Waals surface area contributed by atoms with E-state index in [0.717, 1.165) is 29.7 Å². The molecule has 0 radical (unpaired) electrons. The normalized spacial score (nSPS) is 15.4. The first-order chi connectivity index (χ1) is 8.45. The summed E-state index contributed by atoms with van der Waals surface area (Å²) in [5.41, 5.74) is 7.90. The van der Waals surface area contributed by atoms with Gasteiger partial charge < -0.3 is 15.2 Å². The minimum atomic E-state index is -0.445. The van der Waals surface area contributed by atoms with Gasteiger partial charge in [-0.25, -0.2) is 0 Å². The molecule has 0 aliphatic carbocycles. The zero-order valence-corrected chi connectivity index (χ0v) is 11.9. The third-order valence-electron chi connectivity index (χ3n) is 3.12. The van der Waals surface area contributed by atoms with Gasteiger partial charge in [0.15, 0.2) is 11.5 Å². The molecule has 0 saturated carbocycles. The van der Waals surface area contributed by atoms with E-state index in [9.17, 15) is 0 Å². The first-order valence-electron chi connectivity index (χ1n) is 6.35. The number of halogens is 1. The molecule has 0 bridgehead atoms. The smallest absolute Gasteiger partial charge is 0.180 e. The second kappa shape index (κ2) is 4.98. The average Bonchev–Trinajstić information content (AvgIpc) is 2.53. The van der Waals surface area contributed by atoms with Crippen LogP contribution in [-0.2, 0) is 12.0 Å². The molecule has 1 aliphatic heterocycles. The molecule has 0 fully saturated rings. The fourth-order valence-electron chi connectivity index (χ4n) is 2.27. The summed E-state index contributed by atoms with van der Waals surface area (Å²) in [4.78, 5) is 0. The summed E-state index contributed by atoms with van der Waals surface area (Å²) in [5.74, 6) is 1.44. The summed E-state index contributed by atoms with van der Waals surface area (Å²) < 4.78 is 11.5. The molecule has 1 aromatic carbocycles. The molecule has 1 aliphatic rings. The van der Waals surface area contributed by atoms with E-state index < -0.39 is 5.54 Å². The maximum atomic E-state index is 6.29. The van der Waals surface area contributed by atoms with E-state index in [1.54, 1.807) is 0 Å². The van der Waals surface area contributed by atoms with Crippen LogP contribution in [0.25, 0.3) is 0 Å². The number of fused-ring (bicyclic) bond motifs is 1. The van der Waals surface area contributed by atoms with Gasteiger partial charge in [-0.15, -0.1) is 0 Å². The van der Waals surface area contributed by atoms with Crippen molar-refractivity contribution in [2.45, 2.75) is 39.2 Å². The minimum Gasteiger partial charge on any atom is -0.489 e. The lowest BCUT2D eigenvalue weighted by Crippen LogP contribution is -2.30. The molecule has 2 N–H and O–H groups in total. The Morgan fingerprint density at radius 2 is 1.89 bits per heavy atom. The molecule has 1 aromatic rings. The van der Waals surface area contributed by atoms with Crippen molar-refractivity contribution in [3.05, 3.63) is 22.2 Å². The Balaban J connectivity index is 2.65. The monoisotopic (exact) mass is 269 g/mol. The largest absolute Gasteiger partial charge is 0.489 e. The maximum absolute atomic E-state index is 6.29. The van der Waals surface area contributed by atoms with Crippen molar-refractivity contribution in [2.24, 2.45) is 5.73 Å². The summed E-state index contributed by atoms with van der Waals surface area (Å²) >= 11 is 6.29. The van der Waals surface area contributed by atoms with Gasteiger partial charge in [0.1, 0.15) is 0 Å². The summed E-state index contributed by atoms with van der Waals surface area (Å²) in [5, 5.41) is 0.581. The Hall–Kier alpha value is -0.930. The van der Waals surface area contributed by atoms with Crippen molar-refractivity contribution >= 4 is 11.6 Å². The Morgan fingerprint density at radius 3 is 2.44 bits per heavy atom. The molecule has 0 amide bonds. The standard InChI is InChI=1S/C14H20ClNO2/c1-4-9-10(14(2,3)16)8-11(15)13-12(9)17-6-5-7-18-13/h8H,4-7,16H2,1-3H3. The Morgan fingerprint density at radius 1 is 1.28 bits per heavy atom. The van der Waals surface area contributed by atoms with E-state index in [1.165, 1.54) is 0 Å². The second-order valence-corrected chi connectivity index (χ2v) is 5.58. The molecule has 1 heterocycles. The highest BCUT2D eigenvalue weighted by Gasteiger charge is 2.26. The van der Waals surface area contributed by atoms with Gasteiger partial charge in [-0.3, -0.25) is 0 Å². The highest BCUT2D eigenvalue weighted by molar-refractivity contribution is 6.32. The van der Waals surface area contributed by atoms with Gasteiger partial charge in [0.05, 0.1) is 18.2 Å². The van der Waals surface area contributed by atoms with Gasteiger partial charge in [0.2, 0.25) is 0 Å². The number of benzene rings is 1. The molecule has 0 saturated heterocycles. The number of nitrogens with two attached hydrogens (primary N) is 1. The van der Waals surface area contributed by atoms with Crippen LogP contribution >= 0.6 is 11.6 Å². The lowest BCUT2D eigenvalue weighted by Gasteiger charge is -2.26. The number of hydrogen-bond acceptors (Lipinski definition) is 3. The first-order valence-corrected chi connectivity index (χ1v) is 6.73. The van der Waals surface area contributed by atoms with Crippen LogP contribution in [-0.4, -0.2) is 13.2 Å². The van der Waals surface area contributed by atoms with Gasteiger partial charge in [0, 0.05) is 17.5 Å². The van der Waals surface area contributed by atoms with Crippen LogP contribution in [0.1, 0.15) is 38.3 Å². The minimum absolute atomic E-state index is 0.445. The van der Waals surface area contributed by atoms with E-state index in [0.29, 0.717) is 24.0 Å². The van der Waals surface area contributed by atoms with Crippen molar-refractivity contribution in [3.63, 3.8) is 0 Å². The van der Waals surface area contributed by atoms with Gasteiger partial charge >= 0.3 is 0 Å². The van der Waals surface area contributed by atoms with Crippen LogP contribution < -0.4 is 15.2 Å². The van der Waals surface area contributed by atoms with Crippen LogP contribution in [0, 0.1) is 0 Å². The topological polar surface area (TPSA) is 44.5 Å². The van der Waals surface area contributed by atoms with Crippen molar-refractivity contribution in [2.75, 3.05) is 13.2 Å². The first kappa shape index (κ1) is 13.5. The molecule has 18 heavy (non-hydrogen) atoms. The zero-order chi connectivity index (χ0) is 13.3. The predicted octanol–water partition coefficient (Wildman–Crippen LogP) is 3.26. The van der Waals surface area contributed by atoms with E-state index in [-0.39, 0.29) is 0 Å². The lowest BCUT2D eigenvalue weighted by atomic mass is 9.89. The zero-order valence-electron chi connectivity index (χ0n) is 11.2. The van der Waals surface area contributed by atoms with Crippen LogP contribution in [0.15, 0.2) is 6.07 Å². The van der Waals surface area contributed by atoms with E-state index in [4.69, 9.17) is 26.8 Å². The SMILES string of the molecule is CCc1c(C(C)(C)N)cc(Cl)c2c1OCCCO2. The van der Waals surface area contributed by atoms with Crippen LogP contribution in [0.5, 0.6) is 11.5 Å². The van der Waals surface area contributed by atoms with Gasteiger partial charge in [-0.1, -0.05) is 18.5 Å². The third kappa shape index (κ3) is 2.43. The lowest BCUT2D eigenvalue weighted by molar-refractivity contribution is 0.296. The Kier molecular flexibility index (Phi) is 3.74. The number of rotatable bonds is 2. The fourth-order valence-corrected chi connectivity index (χ4v) is 2.52. The molecular weight excluding hydrogens is 250 g/mol. The number of ether oxygens (including phenoxy) is 2. The molecular formula is C14H20ClNO2. The van der Waals surface area contributed by atoms with Crippen molar-refractivity contribution in [1.82, 2.24) is 0 Å². The summed E-state index contributed by atoms with van der Waals surface area (Å²) in [7, 11) is 0. The van der Waals surface area contributed by atoms with Crippen LogP contribution in [0.2, 0.25) is 5.02 Å². The molecule has 4 heteroatoms. The fraction of sp³-hybridized carbons (Fsp3) is 0.571. The summed E-state index contributed by atoms with van der Waals surface area (Å²) in [6.45, 7) is 7.34. The summed E-state index contributed by atoms with van der Waals surface area (Å²) in [6, 6.07) is 1.91. The van der Waals surface area contributed by atoms with E-state index in [2.05, 4.69) is 6.92 Å². The third-order valence-corrected chi connectivity index (χ3v) is 3.40. The van der Waals surface area contributed by atoms with Gasteiger partial charge in [0.25, 0.3) is 0 Å². The second-order valence-electron chi connectivity index (χ2n) is 5.17. The van der Waals surface area contributed by atoms with E-state index in [1.807, 2.05) is 19.9 Å². The molecule has 2 rings (SSSR count). The van der Waals surface area contributed by atoms with Crippen molar-refractivity contribution < 1.29 is 9.47 Å². The molecule has 100 valence electrons. The van der Waals surface area contributed by atoms with Crippen molar-refractivity contribution in [3.8, 4) is 11.5 Å². The molecule has 3 nitrogen and oxygen atoms in total. The molecule has 0 atom stereocenters. The van der Waals surface area contributed by atoms with Crippen LogP contribution in [0.3, 0.4) is 0 Å². The Bertz CT molecular complexity index is 452. The maximum Gasteiger partial charge on any atom is 0.180 e. The van der Waals surface area contributed by atoms with Crippen molar-refractivity contribution in [1.29, 1.82) is 0 Å². The highest BCUT2D eigenvalue weighted by atomic mass is 35.5. The number of hydrogen-bond donors (Lipinski definition) is 1. The molecule has 0 aromatic heterocycles. The quantitative estimate of drug-likeness (QED) is 0.896. The van der Waals surface area contributed by atoms with Gasteiger partial charge in [-0.05, 0) is 31.9 Å². The van der Waals surface area contributed by atoms with E-state index >= 15 is 0 Å². The average molecular weight is 270 g/mol. The summed E-state index contributed by atoms with van der Waals surface area (Å²) in [6.07, 6.45) is 1.72. The van der Waals surface area contributed by atoms with Gasteiger partial charge in [-0.2, -0.15) is 0 Å². The predicted molar refractivity (Wildman–Crippen MR) is 73.7 cm³/mol. The molecule has 0 spiro atoms. The highest BCUT2D eigenvalue weighted by Crippen LogP contribution is 2.44.